The molecule has 0 unspecified atom stereocenters. The minimum absolute atomic E-state index is 0.0248. The quantitative estimate of drug-likeness (QED) is 0.689. The molecule has 2 nitrogen and oxygen atoms in total. The number of allylic oxidation sites excluding steroid dienone is 2. The number of hydrogen-bond donors (Lipinski definition) is 0. The molecule has 15 heavy (non-hydrogen) atoms. The van der Waals surface area contributed by atoms with Crippen molar-refractivity contribution in [3.05, 3.63) is 58.6 Å². The van der Waals surface area contributed by atoms with Crippen molar-refractivity contribution in [2.45, 2.75) is 26.8 Å². The fourth-order valence-electron chi connectivity index (χ4n) is 1.48. The van der Waals surface area contributed by atoms with E-state index in [-0.39, 0.29) is 5.56 Å². The predicted octanol–water partition coefficient (Wildman–Crippen LogP) is 2.54. The predicted molar refractivity (Wildman–Crippen MR) is 64.0 cm³/mol. The molecule has 1 aromatic heterocycles. The molecule has 80 valence electrons. The van der Waals surface area contributed by atoms with Crippen molar-refractivity contribution in [2.24, 2.45) is 0 Å². The number of pyridine rings is 1. The van der Waals surface area contributed by atoms with E-state index in [4.69, 9.17) is 0 Å². The monoisotopic (exact) mass is 203 g/mol. The lowest BCUT2D eigenvalue weighted by Crippen LogP contribution is -2.23. The third kappa shape index (κ3) is 3.24. The van der Waals surface area contributed by atoms with E-state index in [0.717, 1.165) is 23.3 Å². The highest BCUT2D eigenvalue weighted by molar-refractivity contribution is 5.14. The molecule has 0 saturated heterocycles. The van der Waals surface area contributed by atoms with Crippen LogP contribution in [0.1, 0.15) is 19.5 Å². The van der Waals surface area contributed by atoms with E-state index in [1.165, 1.54) is 0 Å². The Bertz CT molecular complexity index is 440. The molecule has 0 atom stereocenters. The van der Waals surface area contributed by atoms with Crippen LogP contribution in [0.2, 0.25) is 0 Å². The molecular formula is C13H17NO. The van der Waals surface area contributed by atoms with Gasteiger partial charge in [0.2, 0.25) is 0 Å². The van der Waals surface area contributed by atoms with Crippen molar-refractivity contribution in [3.8, 4) is 0 Å². The van der Waals surface area contributed by atoms with Crippen molar-refractivity contribution >= 4 is 0 Å². The summed E-state index contributed by atoms with van der Waals surface area (Å²) < 4.78 is 1.75. The van der Waals surface area contributed by atoms with Crippen molar-refractivity contribution in [3.63, 3.8) is 0 Å². The summed E-state index contributed by atoms with van der Waals surface area (Å²) in [5.41, 5.74) is 3.05. The summed E-state index contributed by atoms with van der Waals surface area (Å²) in [5.74, 6) is 0. The molecule has 0 aliphatic heterocycles. The van der Waals surface area contributed by atoms with Crippen molar-refractivity contribution in [1.82, 2.24) is 4.57 Å². The van der Waals surface area contributed by atoms with Crippen LogP contribution in [-0.4, -0.2) is 4.57 Å². The first-order valence-corrected chi connectivity index (χ1v) is 4.98. The maximum Gasteiger partial charge on any atom is 0.251 e. The lowest BCUT2D eigenvalue weighted by Gasteiger charge is -2.12. The van der Waals surface area contributed by atoms with Crippen LogP contribution in [0.4, 0.5) is 0 Å². The molecule has 0 saturated carbocycles. The second-order valence-electron chi connectivity index (χ2n) is 4.03. The number of rotatable bonds is 4. The van der Waals surface area contributed by atoms with Crippen LogP contribution in [0.3, 0.4) is 0 Å². The topological polar surface area (TPSA) is 22.0 Å². The maximum atomic E-state index is 11.6. The zero-order valence-corrected chi connectivity index (χ0v) is 9.42. The highest BCUT2D eigenvalue weighted by atomic mass is 16.1. The number of aromatic nitrogens is 1. The van der Waals surface area contributed by atoms with Crippen LogP contribution in [0.15, 0.2) is 47.3 Å². The van der Waals surface area contributed by atoms with Crippen LogP contribution in [0, 0.1) is 0 Å². The summed E-state index contributed by atoms with van der Waals surface area (Å²) in [6.45, 7) is 12.2. The van der Waals surface area contributed by atoms with Crippen molar-refractivity contribution in [1.29, 1.82) is 0 Å². The smallest absolute Gasteiger partial charge is 0.251 e. The Balaban J connectivity index is 3.14. The average molecular weight is 203 g/mol. The summed E-state index contributed by atoms with van der Waals surface area (Å²) in [7, 11) is 0. The molecule has 0 radical (unpaired) electrons. The Morgan fingerprint density at radius 3 is 2.47 bits per heavy atom. The Hall–Kier alpha value is -1.57. The summed E-state index contributed by atoms with van der Waals surface area (Å²) in [6, 6.07) is 5.32. The van der Waals surface area contributed by atoms with Crippen molar-refractivity contribution in [2.75, 3.05) is 0 Å². The van der Waals surface area contributed by atoms with Gasteiger partial charge in [-0.2, -0.15) is 0 Å². The van der Waals surface area contributed by atoms with E-state index in [0.29, 0.717) is 6.54 Å². The SMILES string of the molecule is C=C(C)Cc1cccc(=O)n1CC(=C)C. The molecule has 0 aliphatic carbocycles. The third-order valence-electron chi connectivity index (χ3n) is 2.05. The molecule has 1 heterocycles. The third-order valence-corrected chi connectivity index (χ3v) is 2.05. The largest absolute Gasteiger partial charge is 0.308 e. The Kier molecular flexibility index (Phi) is 3.67. The number of hydrogen-bond acceptors (Lipinski definition) is 1. The molecule has 0 aliphatic rings. The first-order valence-electron chi connectivity index (χ1n) is 4.98. The van der Waals surface area contributed by atoms with Crippen LogP contribution in [0.5, 0.6) is 0 Å². The molecule has 2 heteroatoms. The first-order chi connectivity index (χ1) is 7.00. The van der Waals surface area contributed by atoms with E-state index < -0.39 is 0 Å². The summed E-state index contributed by atoms with van der Waals surface area (Å²) >= 11 is 0. The Morgan fingerprint density at radius 1 is 1.27 bits per heavy atom. The minimum Gasteiger partial charge on any atom is -0.308 e. The van der Waals surface area contributed by atoms with Gasteiger partial charge in [0.25, 0.3) is 5.56 Å². The molecule has 0 fully saturated rings. The van der Waals surface area contributed by atoms with Gasteiger partial charge in [-0.1, -0.05) is 30.4 Å². The van der Waals surface area contributed by atoms with Crippen LogP contribution >= 0.6 is 0 Å². The van der Waals surface area contributed by atoms with Gasteiger partial charge in [-0.15, -0.1) is 0 Å². The van der Waals surface area contributed by atoms with Crippen molar-refractivity contribution < 1.29 is 0 Å². The normalized spacial score (nSPS) is 10.0. The molecule has 0 bridgehead atoms. The first kappa shape index (κ1) is 11.5. The lowest BCUT2D eigenvalue weighted by molar-refractivity contribution is 0.703. The highest BCUT2D eigenvalue weighted by Gasteiger charge is 2.03. The van der Waals surface area contributed by atoms with Gasteiger partial charge >= 0.3 is 0 Å². The second-order valence-corrected chi connectivity index (χ2v) is 4.03. The zero-order chi connectivity index (χ0) is 11.4. The van der Waals surface area contributed by atoms with Gasteiger partial charge in [-0.3, -0.25) is 4.79 Å². The van der Waals surface area contributed by atoms with Crippen LogP contribution < -0.4 is 5.56 Å². The highest BCUT2D eigenvalue weighted by Crippen LogP contribution is 2.05. The van der Waals surface area contributed by atoms with E-state index in [1.807, 2.05) is 19.9 Å². The molecule has 1 rings (SSSR count). The van der Waals surface area contributed by atoms with E-state index >= 15 is 0 Å². The van der Waals surface area contributed by atoms with E-state index in [2.05, 4.69) is 13.2 Å². The standard InChI is InChI=1S/C13H17NO/c1-10(2)8-12-6-5-7-13(15)14(12)9-11(3)4/h5-7H,1,3,8-9H2,2,4H3. The maximum absolute atomic E-state index is 11.6. The molecule has 0 amide bonds. The van der Waals surface area contributed by atoms with Gasteiger partial charge < -0.3 is 4.57 Å². The molecule has 1 aromatic rings. The number of nitrogens with zero attached hydrogens (tertiary/aromatic N) is 1. The molecule has 0 aromatic carbocycles. The van der Waals surface area contributed by atoms with Gasteiger partial charge in [0.1, 0.15) is 0 Å². The summed E-state index contributed by atoms with van der Waals surface area (Å²) in [6.07, 6.45) is 0.739. The zero-order valence-electron chi connectivity index (χ0n) is 9.42. The molecular weight excluding hydrogens is 186 g/mol. The fraction of sp³-hybridized carbons (Fsp3) is 0.308. The second kappa shape index (κ2) is 4.78. The Labute approximate surface area is 90.6 Å². The average Bonchev–Trinajstić information content (AvgIpc) is 2.09. The van der Waals surface area contributed by atoms with Crippen LogP contribution in [0.25, 0.3) is 0 Å². The van der Waals surface area contributed by atoms with Crippen LogP contribution in [-0.2, 0) is 13.0 Å². The molecule has 0 spiro atoms. The summed E-state index contributed by atoms with van der Waals surface area (Å²) in [4.78, 5) is 11.6. The van der Waals surface area contributed by atoms with Gasteiger partial charge in [-0.25, -0.2) is 0 Å². The lowest BCUT2D eigenvalue weighted by atomic mass is 10.1. The Morgan fingerprint density at radius 2 is 1.93 bits per heavy atom. The van der Waals surface area contributed by atoms with Gasteiger partial charge in [-0.05, 0) is 19.9 Å². The van der Waals surface area contributed by atoms with Gasteiger partial charge in [0.05, 0.1) is 0 Å². The van der Waals surface area contributed by atoms with E-state index in [1.54, 1.807) is 16.7 Å². The fourth-order valence-corrected chi connectivity index (χ4v) is 1.48. The molecule has 0 N–H and O–H groups in total. The van der Waals surface area contributed by atoms with Gasteiger partial charge in [0.15, 0.2) is 0 Å². The van der Waals surface area contributed by atoms with E-state index in [9.17, 15) is 4.79 Å². The summed E-state index contributed by atoms with van der Waals surface area (Å²) in [5, 5.41) is 0. The van der Waals surface area contributed by atoms with Gasteiger partial charge in [0, 0.05) is 24.7 Å². The minimum atomic E-state index is 0.0248.